The molecule has 7 nitrogen and oxygen atoms in total. The van der Waals surface area contributed by atoms with Crippen molar-refractivity contribution in [1.29, 1.82) is 0 Å². The Kier molecular flexibility index (Phi) is 4.55. The number of hydrogen-bond donors (Lipinski definition) is 2. The third-order valence-electron chi connectivity index (χ3n) is 3.42. The van der Waals surface area contributed by atoms with Gasteiger partial charge in [0.1, 0.15) is 18.9 Å². The van der Waals surface area contributed by atoms with Crippen molar-refractivity contribution in [2.45, 2.75) is 38.1 Å². The molecule has 0 saturated carbocycles. The van der Waals surface area contributed by atoms with Crippen molar-refractivity contribution in [2.75, 3.05) is 13.3 Å². The molecule has 0 aromatic carbocycles. The zero-order chi connectivity index (χ0) is 15.7. The van der Waals surface area contributed by atoms with Crippen LogP contribution < -0.4 is 11.2 Å². The molecule has 2 N–H and O–H groups in total. The van der Waals surface area contributed by atoms with Crippen LogP contribution >= 0.6 is 0 Å². The van der Waals surface area contributed by atoms with Crippen LogP contribution in [0.25, 0.3) is 0 Å². The predicted octanol–water partition coefficient (Wildman–Crippen LogP) is -1.12. The molecule has 21 heavy (non-hydrogen) atoms. The van der Waals surface area contributed by atoms with Gasteiger partial charge in [-0.15, -0.1) is 0 Å². The number of aromatic nitrogens is 2. The Morgan fingerprint density at radius 2 is 2.10 bits per heavy atom. The van der Waals surface area contributed by atoms with E-state index in [-0.39, 0.29) is 5.56 Å². The standard InChI is InChI=1S/C12H16F2N2O5/c1-6-4-16(12(20)15(3-2-13)10(6)19)11-8(14)9(18)7(5-17)21-11/h4,7-9,11,17-18H,2-3,5H2,1H3/t7-,8+,9-,11-/m1/s1. The van der Waals surface area contributed by atoms with E-state index >= 15 is 0 Å². The zero-order valence-corrected chi connectivity index (χ0v) is 11.3. The molecule has 4 atom stereocenters. The van der Waals surface area contributed by atoms with Crippen molar-refractivity contribution in [2.24, 2.45) is 0 Å². The van der Waals surface area contributed by atoms with Gasteiger partial charge in [0.2, 0.25) is 0 Å². The van der Waals surface area contributed by atoms with E-state index < -0.39 is 55.7 Å². The summed E-state index contributed by atoms with van der Waals surface area (Å²) < 4.78 is 33.0. The minimum atomic E-state index is -1.95. The van der Waals surface area contributed by atoms with Gasteiger partial charge in [-0.3, -0.25) is 13.9 Å². The number of hydrogen-bond acceptors (Lipinski definition) is 5. The highest BCUT2D eigenvalue weighted by atomic mass is 19.1. The number of rotatable bonds is 4. The first-order chi connectivity index (χ1) is 9.92. The monoisotopic (exact) mass is 306 g/mol. The van der Waals surface area contributed by atoms with Crippen molar-refractivity contribution in [3.63, 3.8) is 0 Å². The molecule has 0 amide bonds. The minimum absolute atomic E-state index is 0.112. The molecule has 1 aliphatic heterocycles. The fourth-order valence-electron chi connectivity index (χ4n) is 2.30. The number of alkyl halides is 2. The van der Waals surface area contributed by atoms with E-state index in [1.54, 1.807) is 0 Å². The molecule has 1 saturated heterocycles. The second kappa shape index (κ2) is 6.04. The highest BCUT2D eigenvalue weighted by Crippen LogP contribution is 2.30. The summed E-state index contributed by atoms with van der Waals surface area (Å²) >= 11 is 0. The fourth-order valence-corrected chi connectivity index (χ4v) is 2.30. The second-order valence-electron chi connectivity index (χ2n) is 4.83. The number of aliphatic hydroxyl groups excluding tert-OH is 2. The average molecular weight is 306 g/mol. The Labute approximate surface area is 118 Å². The Balaban J connectivity index is 2.50. The molecule has 2 rings (SSSR count). The first-order valence-electron chi connectivity index (χ1n) is 6.39. The van der Waals surface area contributed by atoms with E-state index in [0.29, 0.717) is 4.57 Å². The van der Waals surface area contributed by atoms with E-state index in [9.17, 15) is 23.5 Å². The summed E-state index contributed by atoms with van der Waals surface area (Å²) in [5, 5.41) is 18.6. The van der Waals surface area contributed by atoms with E-state index in [0.717, 1.165) is 10.8 Å². The second-order valence-corrected chi connectivity index (χ2v) is 4.83. The minimum Gasteiger partial charge on any atom is -0.394 e. The Morgan fingerprint density at radius 1 is 1.43 bits per heavy atom. The molecule has 0 radical (unpaired) electrons. The highest BCUT2D eigenvalue weighted by Gasteiger charge is 2.45. The Morgan fingerprint density at radius 3 is 2.62 bits per heavy atom. The van der Waals surface area contributed by atoms with Crippen molar-refractivity contribution < 1.29 is 23.7 Å². The summed E-state index contributed by atoms with van der Waals surface area (Å²) in [6, 6.07) is 0. The number of nitrogens with zero attached hydrogens (tertiary/aromatic N) is 2. The van der Waals surface area contributed by atoms with Gasteiger partial charge in [0.05, 0.1) is 13.2 Å². The zero-order valence-electron chi connectivity index (χ0n) is 11.3. The fraction of sp³-hybridized carbons (Fsp3) is 0.667. The third-order valence-corrected chi connectivity index (χ3v) is 3.42. The molecule has 1 aromatic rings. The van der Waals surface area contributed by atoms with Crippen LogP contribution in [0.1, 0.15) is 11.8 Å². The van der Waals surface area contributed by atoms with Crippen LogP contribution in [0, 0.1) is 6.92 Å². The van der Waals surface area contributed by atoms with Crippen LogP contribution in [0.5, 0.6) is 0 Å². The van der Waals surface area contributed by atoms with Crippen LogP contribution in [-0.2, 0) is 11.3 Å². The topological polar surface area (TPSA) is 93.7 Å². The van der Waals surface area contributed by atoms with E-state index in [1.165, 1.54) is 6.92 Å². The molecule has 2 heterocycles. The van der Waals surface area contributed by atoms with Crippen molar-refractivity contribution >= 4 is 0 Å². The number of aliphatic hydroxyl groups is 2. The van der Waals surface area contributed by atoms with Crippen LogP contribution in [0.4, 0.5) is 8.78 Å². The van der Waals surface area contributed by atoms with Gasteiger partial charge in [-0.25, -0.2) is 13.6 Å². The number of aryl methyl sites for hydroxylation is 1. The molecule has 1 fully saturated rings. The van der Waals surface area contributed by atoms with Gasteiger partial charge in [-0.05, 0) is 6.92 Å². The summed E-state index contributed by atoms with van der Waals surface area (Å²) in [6.45, 7) is -0.592. The maximum atomic E-state index is 14.0. The number of halogens is 2. The van der Waals surface area contributed by atoms with Crippen LogP contribution in [0.3, 0.4) is 0 Å². The lowest BCUT2D eigenvalue weighted by atomic mass is 10.1. The lowest BCUT2D eigenvalue weighted by Crippen LogP contribution is -2.44. The summed E-state index contributed by atoms with van der Waals surface area (Å²) in [7, 11) is 0. The van der Waals surface area contributed by atoms with Gasteiger partial charge in [0.15, 0.2) is 12.4 Å². The molecular formula is C12H16F2N2O5. The van der Waals surface area contributed by atoms with Crippen LogP contribution in [0.2, 0.25) is 0 Å². The smallest absolute Gasteiger partial charge is 0.333 e. The Bertz CT molecular complexity index is 629. The quantitative estimate of drug-likeness (QED) is 0.735. The van der Waals surface area contributed by atoms with Crippen molar-refractivity contribution in [3.8, 4) is 0 Å². The first-order valence-corrected chi connectivity index (χ1v) is 6.39. The molecule has 0 unspecified atom stereocenters. The molecular weight excluding hydrogens is 290 g/mol. The van der Waals surface area contributed by atoms with Crippen molar-refractivity contribution in [1.82, 2.24) is 9.13 Å². The molecule has 1 aromatic heterocycles. The predicted molar refractivity (Wildman–Crippen MR) is 67.6 cm³/mol. The van der Waals surface area contributed by atoms with Gasteiger partial charge in [-0.1, -0.05) is 0 Å². The summed E-state index contributed by atoms with van der Waals surface area (Å²) in [5.74, 6) is 0. The molecule has 9 heteroatoms. The molecule has 118 valence electrons. The lowest BCUT2D eigenvalue weighted by Gasteiger charge is -2.18. The third kappa shape index (κ3) is 2.63. The SMILES string of the molecule is Cc1cn([C@@H]2O[C@H](CO)[C@@H](O)[C@@H]2F)c(=O)n(CCF)c1=O. The first kappa shape index (κ1) is 15.8. The van der Waals surface area contributed by atoms with Gasteiger partial charge in [-0.2, -0.15) is 0 Å². The molecule has 1 aliphatic rings. The van der Waals surface area contributed by atoms with Crippen LogP contribution in [-0.4, -0.2) is 51.0 Å². The van der Waals surface area contributed by atoms with Gasteiger partial charge in [0, 0.05) is 11.8 Å². The molecule has 0 spiro atoms. The summed E-state index contributed by atoms with van der Waals surface area (Å²) in [6.07, 6.45) is -5.08. The van der Waals surface area contributed by atoms with E-state index in [1.807, 2.05) is 0 Å². The maximum Gasteiger partial charge on any atom is 0.333 e. The molecule has 0 aliphatic carbocycles. The Hall–Kier alpha value is -1.58. The normalized spacial score (nSPS) is 29.0. The summed E-state index contributed by atoms with van der Waals surface area (Å²) in [5.41, 5.74) is -1.48. The van der Waals surface area contributed by atoms with E-state index in [4.69, 9.17) is 9.84 Å². The average Bonchev–Trinajstić information content (AvgIpc) is 2.75. The van der Waals surface area contributed by atoms with Crippen LogP contribution in [0.15, 0.2) is 15.8 Å². The van der Waals surface area contributed by atoms with Crippen molar-refractivity contribution in [3.05, 3.63) is 32.6 Å². The number of ether oxygens (including phenoxy) is 1. The molecule has 0 bridgehead atoms. The largest absolute Gasteiger partial charge is 0.394 e. The van der Waals surface area contributed by atoms with E-state index in [2.05, 4.69) is 0 Å². The van der Waals surface area contributed by atoms with Gasteiger partial charge in [0.25, 0.3) is 5.56 Å². The maximum absolute atomic E-state index is 14.0. The summed E-state index contributed by atoms with van der Waals surface area (Å²) in [4.78, 5) is 23.9. The highest BCUT2D eigenvalue weighted by molar-refractivity contribution is 5.05. The van der Waals surface area contributed by atoms with Gasteiger partial charge < -0.3 is 14.9 Å². The van der Waals surface area contributed by atoms with Gasteiger partial charge >= 0.3 is 5.69 Å². The lowest BCUT2D eigenvalue weighted by molar-refractivity contribution is -0.0497.